The predicted molar refractivity (Wildman–Crippen MR) is 150 cm³/mol. The Hall–Kier alpha value is -3.45. The monoisotopic (exact) mass is 517 g/mol. The zero-order valence-corrected chi connectivity index (χ0v) is 22.2. The summed E-state index contributed by atoms with van der Waals surface area (Å²) in [7, 11) is 0. The highest BCUT2D eigenvalue weighted by molar-refractivity contribution is 5.74. The van der Waals surface area contributed by atoms with E-state index in [0.29, 0.717) is 19.3 Å². The minimum Gasteiger partial charge on any atom is -0.508 e. The molecule has 3 aromatic carbocycles. The number of esters is 1. The first kappa shape index (κ1) is 29.1. The first-order chi connectivity index (χ1) is 18.2. The number of hydrogen-bond donors (Lipinski definition) is 4. The fraction of sp³-hybridized carbons (Fsp3) is 0.344. The number of nitrogens with two attached hydrogens (primary N) is 1. The molecular formula is C32H39NO5. The van der Waals surface area contributed by atoms with Crippen LogP contribution in [0.25, 0.3) is 0 Å². The van der Waals surface area contributed by atoms with Gasteiger partial charge in [0.25, 0.3) is 0 Å². The van der Waals surface area contributed by atoms with Crippen LogP contribution in [0.3, 0.4) is 0 Å². The van der Waals surface area contributed by atoms with Crippen molar-refractivity contribution < 1.29 is 24.9 Å². The Kier molecular flexibility index (Phi) is 11.1. The van der Waals surface area contributed by atoms with Gasteiger partial charge in [0, 0.05) is 12.5 Å². The molecule has 0 saturated heterocycles. The average molecular weight is 518 g/mol. The minimum atomic E-state index is -1.08. The second kappa shape index (κ2) is 14.5. The summed E-state index contributed by atoms with van der Waals surface area (Å²) in [4.78, 5) is 13.0. The van der Waals surface area contributed by atoms with Crippen LogP contribution in [0.5, 0.6) is 5.75 Å². The number of ether oxygens (including phenoxy) is 1. The lowest BCUT2D eigenvalue weighted by Gasteiger charge is -2.21. The molecule has 0 aliphatic heterocycles. The summed E-state index contributed by atoms with van der Waals surface area (Å²) in [6.45, 7) is 4.04. The largest absolute Gasteiger partial charge is 0.508 e. The maximum Gasteiger partial charge on any atom is 0.312 e. The normalized spacial score (nSPS) is 14.7. The SMILES string of the molecule is Cc1cc(O)cc(C)c1CC(N)C(O)C/C=C/C(O)C(Cc1ccccc1)C(=O)OCCc1ccccc1. The molecule has 6 heteroatoms. The third-order valence-electron chi connectivity index (χ3n) is 6.82. The second-order valence-corrected chi connectivity index (χ2v) is 9.85. The van der Waals surface area contributed by atoms with Crippen LogP contribution < -0.4 is 5.73 Å². The van der Waals surface area contributed by atoms with E-state index < -0.39 is 30.1 Å². The van der Waals surface area contributed by atoms with E-state index in [4.69, 9.17) is 10.5 Å². The van der Waals surface area contributed by atoms with Crippen molar-refractivity contribution in [3.05, 3.63) is 113 Å². The number of aromatic hydroxyl groups is 1. The zero-order valence-electron chi connectivity index (χ0n) is 22.2. The Morgan fingerprint density at radius 2 is 1.50 bits per heavy atom. The van der Waals surface area contributed by atoms with E-state index in [2.05, 4.69) is 0 Å². The third-order valence-corrected chi connectivity index (χ3v) is 6.82. The molecule has 202 valence electrons. The van der Waals surface area contributed by atoms with E-state index in [-0.39, 0.29) is 18.8 Å². The average Bonchev–Trinajstić information content (AvgIpc) is 2.90. The van der Waals surface area contributed by atoms with Crippen molar-refractivity contribution >= 4 is 5.97 Å². The maximum absolute atomic E-state index is 13.0. The molecule has 4 atom stereocenters. The van der Waals surface area contributed by atoms with E-state index in [9.17, 15) is 20.1 Å². The Morgan fingerprint density at radius 3 is 2.11 bits per heavy atom. The number of phenols is 1. The number of aryl methyl sites for hydroxylation is 2. The van der Waals surface area contributed by atoms with Crippen molar-refractivity contribution in [2.75, 3.05) is 6.61 Å². The first-order valence-corrected chi connectivity index (χ1v) is 13.1. The summed E-state index contributed by atoms with van der Waals surface area (Å²) < 4.78 is 5.54. The molecule has 3 aromatic rings. The summed E-state index contributed by atoms with van der Waals surface area (Å²) in [5.74, 6) is -1.03. The minimum absolute atomic E-state index is 0.207. The summed E-state index contributed by atoms with van der Waals surface area (Å²) in [5, 5.41) is 31.3. The molecule has 38 heavy (non-hydrogen) atoms. The van der Waals surface area contributed by atoms with Crippen molar-refractivity contribution in [3.8, 4) is 5.75 Å². The molecule has 3 rings (SSSR count). The van der Waals surface area contributed by atoms with E-state index in [0.717, 1.165) is 27.8 Å². The summed E-state index contributed by atoms with van der Waals surface area (Å²) in [6, 6.07) is 22.1. The maximum atomic E-state index is 13.0. The van der Waals surface area contributed by atoms with Gasteiger partial charge in [-0.2, -0.15) is 0 Å². The smallest absolute Gasteiger partial charge is 0.312 e. The van der Waals surface area contributed by atoms with Gasteiger partial charge in [0.2, 0.25) is 0 Å². The van der Waals surface area contributed by atoms with Gasteiger partial charge in [0.1, 0.15) is 5.75 Å². The molecule has 5 N–H and O–H groups in total. The molecule has 4 unspecified atom stereocenters. The summed E-state index contributed by atoms with van der Waals surface area (Å²) in [5.41, 5.74) is 11.1. The predicted octanol–water partition coefficient (Wildman–Crippen LogP) is 4.19. The molecule has 0 bridgehead atoms. The van der Waals surface area contributed by atoms with Crippen LogP contribution in [0.2, 0.25) is 0 Å². The van der Waals surface area contributed by atoms with Gasteiger partial charge in [0.05, 0.1) is 24.7 Å². The number of aliphatic hydroxyl groups excluding tert-OH is 2. The Labute approximate surface area is 225 Å². The number of hydrogen-bond acceptors (Lipinski definition) is 6. The Morgan fingerprint density at radius 1 is 0.921 bits per heavy atom. The molecule has 0 spiro atoms. The van der Waals surface area contributed by atoms with Crippen LogP contribution in [0.15, 0.2) is 84.9 Å². The molecule has 0 aliphatic carbocycles. The third kappa shape index (κ3) is 8.84. The van der Waals surface area contributed by atoms with Gasteiger partial charge in [-0.25, -0.2) is 0 Å². The first-order valence-electron chi connectivity index (χ1n) is 13.1. The van der Waals surface area contributed by atoms with Crippen LogP contribution in [0.1, 0.15) is 34.2 Å². The van der Waals surface area contributed by atoms with Gasteiger partial charge in [-0.05, 0) is 73.1 Å². The fourth-order valence-corrected chi connectivity index (χ4v) is 4.56. The standard InChI is InChI=1S/C32H39NO5/c1-22-18-26(34)19-23(2)27(22)21-29(33)31(36)15-9-14-30(35)28(20-25-12-7-4-8-13-25)32(37)38-17-16-24-10-5-3-6-11-24/h3-14,18-19,28-31,34-36H,15-17,20-21,33H2,1-2H3/b14-9+. The molecule has 6 nitrogen and oxygen atoms in total. The highest BCUT2D eigenvalue weighted by Gasteiger charge is 2.27. The number of benzene rings is 3. The lowest BCUT2D eigenvalue weighted by Crippen LogP contribution is -2.36. The highest BCUT2D eigenvalue weighted by Crippen LogP contribution is 2.23. The zero-order chi connectivity index (χ0) is 27.5. The Balaban J connectivity index is 1.59. The fourth-order valence-electron chi connectivity index (χ4n) is 4.56. The number of carbonyl (C=O) groups is 1. The van der Waals surface area contributed by atoms with Crippen molar-refractivity contribution in [1.82, 2.24) is 0 Å². The van der Waals surface area contributed by atoms with Gasteiger partial charge in [-0.15, -0.1) is 0 Å². The van der Waals surface area contributed by atoms with Crippen LogP contribution >= 0.6 is 0 Å². The van der Waals surface area contributed by atoms with E-state index in [1.54, 1.807) is 24.3 Å². The number of rotatable bonds is 13. The lowest BCUT2D eigenvalue weighted by molar-refractivity contribution is -0.151. The molecule has 0 aromatic heterocycles. The molecule has 0 radical (unpaired) electrons. The van der Waals surface area contributed by atoms with Crippen LogP contribution in [-0.4, -0.2) is 46.1 Å². The van der Waals surface area contributed by atoms with Crippen molar-refractivity contribution in [1.29, 1.82) is 0 Å². The van der Waals surface area contributed by atoms with Gasteiger partial charge in [-0.1, -0.05) is 72.8 Å². The number of carbonyl (C=O) groups excluding carboxylic acids is 1. The lowest BCUT2D eigenvalue weighted by atomic mass is 9.92. The van der Waals surface area contributed by atoms with E-state index >= 15 is 0 Å². The van der Waals surface area contributed by atoms with E-state index in [1.807, 2.05) is 74.5 Å². The van der Waals surface area contributed by atoms with Crippen molar-refractivity contribution in [3.63, 3.8) is 0 Å². The van der Waals surface area contributed by atoms with Crippen molar-refractivity contribution in [2.45, 2.75) is 57.8 Å². The van der Waals surface area contributed by atoms with E-state index in [1.165, 1.54) is 0 Å². The molecule has 0 fully saturated rings. The van der Waals surface area contributed by atoms with Gasteiger partial charge in [-0.3, -0.25) is 4.79 Å². The van der Waals surface area contributed by atoms with Gasteiger partial charge < -0.3 is 25.8 Å². The van der Waals surface area contributed by atoms with Crippen molar-refractivity contribution in [2.24, 2.45) is 11.7 Å². The van der Waals surface area contributed by atoms with Gasteiger partial charge in [0.15, 0.2) is 0 Å². The molecule has 0 heterocycles. The highest BCUT2D eigenvalue weighted by atomic mass is 16.5. The Bertz CT molecular complexity index is 1160. The molecule has 0 saturated carbocycles. The quantitative estimate of drug-likeness (QED) is 0.200. The van der Waals surface area contributed by atoms with Crippen LogP contribution in [0.4, 0.5) is 0 Å². The summed E-state index contributed by atoms with van der Waals surface area (Å²) in [6.07, 6.45) is 2.91. The molecule has 0 amide bonds. The molecular weight excluding hydrogens is 478 g/mol. The number of phenolic OH excluding ortho intramolecular Hbond substituents is 1. The molecule has 0 aliphatic rings. The summed E-state index contributed by atoms with van der Waals surface area (Å²) >= 11 is 0. The van der Waals surface area contributed by atoms with Crippen LogP contribution in [-0.2, 0) is 28.8 Å². The van der Waals surface area contributed by atoms with Gasteiger partial charge >= 0.3 is 5.97 Å². The van der Waals surface area contributed by atoms with Crippen LogP contribution in [0, 0.1) is 19.8 Å². The topological polar surface area (TPSA) is 113 Å². The number of aliphatic hydroxyl groups is 2. The second-order valence-electron chi connectivity index (χ2n) is 9.85.